The minimum absolute atomic E-state index is 0.0119. The van der Waals surface area contributed by atoms with E-state index in [4.69, 9.17) is 9.47 Å². The largest absolute Gasteiger partial charge is 0.488 e. The molecule has 166 valence electrons. The van der Waals surface area contributed by atoms with Crippen molar-refractivity contribution in [3.05, 3.63) is 46.9 Å². The third-order valence-electron chi connectivity index (χ3n) is 4.97. The summed E-state index contributed by atoms with van der Waals surface area (Å²) in [5.41, 5.74) is 0.357. The van der Waals surface area contributed by atoms with E-state index in [0.717, 1.165) is 0 Å². The van der Waals surface area contributed by atoms with E-state index in [9.17, 15) is 28.0 Å². The van der Waals surface area contributed by atoms with Crippen molar-refractivity contribution in [3.63, 3.8) is 0 Å². The van der Waals surface area contributed by atoms with Gasteiger partial charge in [0.15, 0.2) is 0 Å². The number of carbonyl (C=O) groups is 1. The summed E-state index contributed by atoms with van der Waals surface area (Å²) >= 11 is 0. The molecule has 0 unspecified atom stereocenters. The van der Waals surface area contributed by atoms with Gasteiger partial charge in [-0.2, -0.15) is 13.2 Å². The van der Waals surface area contributed by atoms with E-state index in [-0.39, 0.29) is 54.4 Å². The molecular weight excluding hydrogens is 418 g/mol. The third kappa shape index (κ3) is 4.97. The molecule has 0 amide bonds. The zero-order valence-corrected chi connectivity index (χ0v) is 16.9. The van der Waals surface area contributed by atoms with Crippen LogP contribution in [0, 0.1) is 0 Å². The van der Waals surface area contributed by atoms with E-state index >= 15 is 0 Å². The van der Waals surface area contributed by atoms with Crippen LogP contribution in [0.1, 0.15) is 40.3 Å². The highest BCUT2D eigenvalue weighted by Crippen LogP contribution is 2.40. The van der Waals surface area contributed by atoms with Crippen molar-refractivity contribution in [3.8, 4) is 5.88 Å². The second-order valence-corrected chi connectivity index (χ2v) is 6.91. The first-order valence-electron chi connectivity index (χ1n) is 9.52. The number of esters is 1. The van der Waals surface area contributed by atoms with E-state index in [1.54, 1.807) is 6.92 Å². The van der Waals surface area contributed by atoms with Gasteiger partial charge < -0.3 is 19.5 Å². The van der Waals surface area contributed by atoms with Crippen LogP contribution in [0.15, 0.2) is 24.4 Å². The molecule has 1 aliphatic rings. The highest BCUT2D eigenvalue weighted by atomic mass is 19.4. The molecule has 0 bridgehead atoms. The Balaban J connectivity index is 2.02. The van der Waals surface area contributed by atoms with Crippen molar-refractivity contribution in [1.82, 2.24) is 14.9 Å². The summed E-state index contributed by atoms with van der Waals surface area (Å²) < 4.78 is 52.0. The number of fused-ring (bicyclic) bond motifs is 1. The number of hydrogen-bond donors (Lipinski definition) is 2. The van der Waals surface area contributed by atoms with Crippen LogP contribution < -0.4 is 10.2 Å². The van der Waals surface area contributed by atoms with Crippen molar-refractivity contribution < 1.29 is 37.5 Å². The molecule has 3 rings (SSSR count). The van der Waals surface area contributed by atoms with E-state index < -0.39 is 25.3 Å². The fourth-order valence-corrected chi connectivity index (χ4v) is 3.67. The van der Waals surface area contributed by atoms with Crippen LogP contribution in [0.25, 0.3) is 0 Å². The van der Waals surface area contributed by atoms with Gasteiger partial charge in [0, 0.05) is 25.4 Å². The van der Waals surface area contributed by atoms with Crippen LogP contribution in [0.2, 0.25) is 0 Å². The van der Waals surface area contributed by atoms with Crippen molar-refractivity contribution in [2.45, 2.75) is 32.1 Å². The van der Waals surface area contributed by atoms with Gasteiger partial charge in [-0.05, 0) is 42.1 Å². The lowest BCUT2D eigenvalue weighted by Crippen LogP contribution is -2.45. The van der Waals surface area contributed by atoms with Crippen LogP contribution >= 0.6 is 0 Å². The molecule has 0 saturated carbocycles. The molecule has 0 aromatic carbocycles. The normalized spacial score (nSPS) is 15.2. The number of ether oxygens (including phenoxy) is 2. The van der Waals surface area contributed by atoms with E-state index in [1.807, 2.05) is 0 Å². The fourth-order valence-electron chi connectivity index (χ4n) is 3.67. The lowest BCUT2D eigenvalue weighted by Gasteiger charge is -2.37. The van der Waals surface area contributed by atoms with Gasteiger partial charge in [0.05, 0.1) is 19.4 Å². The zero-order chi connectivity index (χ0) is 22.8. The Morgan fingerprint density at radius 2 is 2.10 bits per heavy atom. The summed E-state index contributed by atoms with van der Waals surface area (Å²) in [7, 11) is -0.589. The molecule has 0 radical (unpaired) electrons. The van der Waals surface area contributed by atoms with E-state index in [2.05, 4.69) is 9.97 Å². The number of methoxy groups -OCH3 is 1. The Morgan fingerprint density at radius 3 is 2.71 bits per heavy atom. The molecule has 1 aliphatic heterocycles. The Hall–Kier alpha value is -2.70. The lowest BCUT2D eigenvalue weighted by atomic mass is 9.74. The molecule has 2 aromatic heterocycles. The smallest absolute Gasteiger partial charge is 0.481 e. The molecule has 0 spiro atoms. The van der Waals surface area contributed by atoms with Gasteiger partial charge in [-0.1, -0.05) is 0 Å². The number of rotatable bonds is 6. The number of pyridine rings is 2. The molecular formula is C19H21BF3N3O5. The quantitative estimate of drug-likeness (QED) is 0.508. The monoisotopic (exact) mass is 439 g/mol. The molecule has 0 aliphatic carbocycles. The predicted molar refractivity (Wildman–Crippen MR) is 104 cm³/mol. The predicted octanol–water partition coefficient (Wildman–Crippen LogP) is 1.00. The first kappa shape index (κ1) is 23.0. The first-order valence-corrected chi connectivity index (χ1v) is 9.52. The SMILES string of the molecule is CCOC(=O)c1cc(B(O)O)c2c(n1)CN([C@H](c1ccnc(OC)c1)C(F)(F)F)CC2. The molecule has 31 heavy (non-hydrogen) atoms. The van der Waals surface area contributed by atoms with Crippen LogP contribution in [0.4, 0.5) is 13.2 Å². The summed E-state index contributed by atoms with van der Waals surface area (Å²) in [5, 5.41) is 19.4. The van der Waals surface area contributed by atoms with Gasteiger partial charge in [-0.3, -0.25) is 4.90 Å². The molecule has 0 fully saturated rings. The van der Waals surface area contributed by atoms with E-state index in [0.29, 0.717) is 5.56 Å². The number of aromatic nitrogens is 2. The molecule has 2 aromatic rings. The van der Waals surface area contributed by atoms with Crippen molar-refractivity contribution in [2.24, 2.45) is 0 Å². The average Bonchev–Trinajstić information content (AvgIpc) is 2.72. The second-order valence-electron chi connectivity index (χ2n) is 6.91. The maximum absolute atomic E-state index is 14.0. The zero-order valence-electron chi connectivity index (χ0n) is 16.9. The van der Waals surface area contributed by atoms with Crippen LogP contribution in [0.3, 0.4) is 0 Å². The van der Waals surface area contributed by atoms with Gasteiger partial charge in [-0.25, -0.2) is 14.8 Å². The maximum Gasteiger partial charge on any atom is 0.488 e. The van der Waals surface area contributed by atoms with Gasteiger partial charge in [0.2, 0.25) is 5.88 Å². The molecule has 0 saturated heterocycles. The Morgan fingerprint density at radius 1 is 1.35 bits per heavy atom. The highest BCUT2D eigenvalue weighted by molar-refractivity contribution is 6.59. The van der Waals surface area contributed by atoms with Crippen LogP contribution in [-0.4, -0.2) is 64.4 Å². The maximum atomic E-state index is 14.0. The standard InChI is InChI=1S/C19H21BF3N3O5/c1-3-31-18(27)14-9-13(20(28)29)12-5-7-26(10-15(12)25-14)17(19(21,22)23)11-4-6-24-16(8-11)30-2/h4,6,8-9,17,28-29H,3,5,7,10H2,1-2H3/t17-/m1/s1. The number of carbonyl (C=O) groups excluding carboxylic acids is 1. The lowest BCUT2D eigenvalue weighted by molar-refractivity contribution is -0.189. The topological polar surface area (TPSA) is 105 Å². The minimum atomic E-state index is -4.61. The molecule has 3 heterocycles. The Labute approximate surface area is 176 Å². The number of nitrogens with zero attached hydrogens (tertiary/aromatic N) is 3. The molecule has 1 atom stereocenters. The van der Waals surface area contributed by atoms with Gasteiger partial charge in [-0.15, -0.1) is 0 Å². The molecule has 12 heteroatoms. The van der Waals surface area contributed by atoms with Gasteiger partial charge >= 0.3 is 19.3 Å². The van der Waals surface area contributed by atoms with Crippen molar-refractivity contribution in [2.75, 3.05) is 20.3 Å². The fraction of sp³-hybridized carbons (Fsp3) is 0.421. The Kier molecular flexibility index (Phi) is 6.82. The Bertz CT molecular complexity index is 958. The summed E-state index contributed by atoms with van der Waals surface area (Å²) in [5.74, 6) is -0.742. The number of halogens is 3. The minimum Gasteiger partial charge on any atom is -0.481 e. The molecule has 2 N–H and O–H groups in total. The van der Waals surface area contributed by atoms with Crippen LogP contribution in [-0.2, 0) is 17.7 Å². The summed E-state index contributed by atoms with van der Waals surface area (Å²) in [6, 6.07) is 1.72. The molecule has 8 nitrogen and oxygen atoms in total. The van der Waals surface area contributed by atoms with Crippen molar-refractivity contribution >= 4 is 18.6 Å². The van der Waals surface area contributed by atoms with Crippen molar-refractivity contribution in [1.29, 1.82) is 0 Å². The van der Waals surface area contributed by atoms with Gasteiger partial charge in [0.1, 0.15) is 11.7 Å². The van der Waals surface area contributed by atoms with Crippen LogP contribution in [0.5, 0.6) is 5.88 Å². The third-order valence-corrected chi connectivity index (χ3v) is 4.97. The van der Waals surface area contributed by atoms with E-state index in [1.165, 1.54) is 36.4 Å². The second kappa shape index (κ2) is 9.21. The average molecular weight is 439 g/mol. The summed E-state index contributed by atoms with van der Waals surface area (Å²) in [6.45, 7) is 1.40. The highest BCUT2D eigenvalue weighted by Gasteiger charge is 2.46. The summed E-state index contributed by atoms with van der Waals surface area (Å²) in [4.78, 5) is 21.3. The summed E-state index contributed by atoms with van der Waals surface area (Å²) in [6.07, 6.45) is -3.28. The first-order chi connectivity index (χ1) is 14.7. The van der Waals surface area contributed by atoms with Gasteiger partial charge in [0.25, 0.3) is 0 Å². The number of hydrogen-bond acceptors (Lipinski definition) is 8. The number of alkyl halides is 3.